The molecule has 0 bridgehead atoms. The van der Waals surface area contributed by atoms with Crippen molar-refractivity contribution in [3.8, 4) is 5.88 Å². The zero-order valence-corrected chi connectivity index (χ0v) is 8.12. The molecule has 0 spiro atoms. The summed E-state index contributed by atoms with van der Waals surface area (Å²) < 4.78 is 6.25. The van der Waals surface area contributed by atoms with E-state index in [0.717, 1.165) is 17.4 Å². The van der Waals surface area contributed by atoms with Crippen LogP contribution < -0.4 is 4.74 Å². The van der Waals surface area contributed by atoms with Crippen LogP contribution in [0.1, 0.15) is 19.3 Å². The van der Waals surface area contributed by atoms with Crippen LogP contribution in [0.25, 0.3) is 0 Å². The van der Waals surface area contributed by atoms with Crippen molar-refractivity contribution < 1.29 is 4.74 Å². The lowest BCUT2D eigenvalue weighted by molar-refractivity contribution is 0.113. The second-order valence-electron chi connectivity index (χ2n) is 2.87. The van der Waals surface area contributed by atoms with Gasteiger partial charge in [-0.1, -0.05) is 0 Å². The highest BCUT2D eigenvalue weighted by Gasteiger charge is 2.19. The summed E-state index contributed by atoms with van der Waals surface area (Å²) in [6.07, 6.45) is 3.95. The van der Waals surface area contributed by atoms with E-state index in [-0.39, 0.29) is 0 Å². The molecule has 1 aromatic rings. The predicted molar refractivity (Wildman–Crippen MR) is 48.0 cm³/mol. The summed E-state index contributed by atoms with van der Waals surface area (Å²) in [5.74, 6) is 0.628. The van der Waals surface area contributed by atoms with Gasteiger partial charge in [-0.2, -0.15) is 0 Å². The number of aromatic nitrogens is 2. The topological polar surface area (TPSA) is 35.0 Å². The molecule has 64 valence electrons. The first-order chi connectivity index (χ1) is 5.84. The minimum Gasteiger partial charge on any atom is -0.473 e. The second-order valence-corrected chi connectivity index (χ2v) is 3.68. The molecule has 1 fully saturated rings. The van der Waals surface area contributed by atoms with E-state index in [1.807, 2.05) is 12.1 Å². The van der Waals surface area contributed by atoms with Crippen molar-refractivity contribution in [2.45, 2.75) is 25.4 Å². The van der Waals surface area contributed by atoms with Crippen molar-refractivity contribution in [3.63, 3.8) is 0 Å². The lowest BCUT2D eigenvalue weighted by Crippen LogP contribution is -2.25. The van der Waals surface area contributed by atoms with Crippen LogP contribution in [0.2, 0.25) is 0 Å². The van der Waals surface area contributed by atoms with Crippen LogP contribution in [-0.4, -0.2) is 16.3 Å². The lowest BCUT2D eigenvalue weighted by atomic mass is 9.96. The number of hydrogen-bond donors (Lipinski definition) is 0. The van der Waals surface area contributed by atoms with Gasteiger partial charge in [0, 0.05) is 6.07 Å². The maximum Gasteiger partial charge on any atom is 0.233 e. The molecule has 4 heteroatoms. The zero-order chi connectivity index (χ0) is 8.39. The fourth-order valence-corrected chi connectivity index (χ4v) is 1.24. The maximum atomic E-state index is 5.51. The maximum absolute atomic E-state index is 5.51. The van der Waals surface area contributed by atoms with Crippen molar-refractivity contribution in [3.05, 3.63) is 16.7 Å². The van der Waals surface area contributed by atoms with Crippen molar-refractivity contribution >= 4 is 15.9 Å². The van der Waals surface area contributed by atoms with Gasteiger partial charge >= 0.3 is 0 Å². The molecular formula is C8H9BrN2O. The Kier molecular flexibility index (Phi) is 2.26. The average Bonchev–Trinajstić information content (AvgIpc) is 2.00. The molecular weight excluding hydrogens is 220 g/mol. The molecule has 12 heavy (non-hydrogen) atoms. The molecule has 0 aromatic carbocycles. The molecule has 0 atom stereocenters. The zero-order valence-electron chi connectivity index (χ0n) is 6.53. The third-order valence-corrected chi connectivity index (χ3v) is 2.37. The van der Waals surface area contributed by atoms with Crippen molar-refractivity contribution in [1.82, 2.24) is 10.2 Å². The van der Waals surface area contributed by atoms with Gasteiger partial charge in [0.1, 0.15) is 10.7 Å². The molecule has 1 heterocycles. The number of halogens is 1. The van der Waals surface area contributed by atoms with Gasteiger partial charge in [-0.25, -0.2) is 0 Å². The van der Waals surface area contributed by atoms with Crippen LogP contribution in [0, 0.1) is 0 Å². The van der Waals surface area contributed by atoms with Gasteiger partial charge in [-0.15, -0.1) is 10.2 Å². The number of ether oxygens (including phenoxy) is 1. The van der Waals surface area contributed by atoms with E-state index in [0.29, 0.717) is 12.0 Å². The largest absolute Gasteiger partial charge is 0.473 e. The van der Waals surface area contributed by atoms with Crippen LogP contribution in [0.3, 0.4) is 0 Å². The van der Waals surface area contributed by atoms with Gasteiger partial charge < -0.3 is 4.74 Å². The summed E-state index contributed by atoms with van der Waals surface area (Å²) in [5.41, 5.74) is 0. The predicted octanol–water partition coefficient (Wildman–Crippen LogP) is 2.17. The molecule has 0 amide bonds. The van der Waals surface area contributed by atoms with Crippen LogP contribution in [0.5, 0.6) is 5.88 Å². The first-order valence-electron chi connectivity index (χ1n) is 4.00. The summed E-state index contributed by atoms with van der Waals surface area (Å²) in [6.45, 7) is 0. The summed E-state index contributed by atoms with van der Waals surface area (Å²) in [4.78, 5) is 0. The standard InChI is InChI=1S/C8H9BrN2O/c9-7-4-5-8(11-10-7)12-6-2-1-3-6/h4-6H,1-3H2. The molecule has 1 aliphatic rings. The second kappa shape index (κ2) is 3.39. The first kappa shape index (κ1) is 7.98. The first-order valence-corrected chi connectivity index (χ1v) is 4.80. The van der Waals surface area contributed by atoms with Gasteiger partial charge in [-0.3, -0.25) is 0 Å². The van der Waals surface area contributed by atoms with Crippen molar-refractivity contribution in [1.29, 1.82) is 0 Å². The minimum atomic E-state index is 0.375. The molecule has 0 saturated heterocycles. The van der Waals surface area contributed by atoms with E-state index in [4.69, 9.17) is 4.74 Å². The van der Waals surface area contributed by atoms with E-state index < -0.39 is 0 Å². The minimum absolute atomic E-state index is 0.375. The molecule has 1 aliphatic carbocycles. The molecule has 0 radical (unpaired) electrons. The Labute approximate surface area is 79.3 Å². The molecule has 3 nitrogen and oxygen atoms in total. The summed E-state index contributed by atoms with van der Waals surface area (Å²) >= 11 is 3.21. The van der Waals surface area contributed by atoms with E-state index >= 15 is 0 Å². The van der Waals surface area contributed by atoms with Crippen molar-refractivity contribution in [2.75, 3.05) is 0 Å². The van der Waals surface area contributed by atoms with Gasteiger partial charge in [0.15, 0.2) is 0 Å². The fourth-order valence-electron chi connectivity index (χ4n) is 1.03. The molecule has 1 saturated carbocycles. The van der Waals surface area contributed by atoms with Crippen LogP contribution in [0.15, 0.2) is 16.7 Å². The van der Waals surface area contributed by atoms with Crippen LogP contribution >= 0.6 is 15.9 Å². The average molecular weight is 229 g/mol. The summed E-state index contributed by atoms with van der Waals surface area (Å²) in [5, 5.41) is 7.71. The smallest absolute Gasteiger partial charge is 0.233 e. The third-order valence-electron chi connectivity index (χ3n) is 1.95. The Balaban J connectivity index is 1.98. The Hall–Kier alpha value is -0.640. The Morgan fingerprint density at radius 2 is 2.17 bits per heavy atom. The molecule has 0 aliphatic heterocycles. The third kappa shape index (κ3) is 1.75. The van der Waals surface area contributed by atoms with Gasteiger partial charge in [0.2, 0.25) is 5.88 Å². The van der Waals surface area contributed by atoms with Crippen molar-refractivity contribution in [2.24, 2.45) is 0 Å². The molecule has 1 aromatic heterocycles. The number of hydrogen-bond acceptors (Lipinski definition) is 3. The van der Waals surface area contributed by atoms with Gasteiger partial charge in [0.25, 0.3) is 0 Å². The molecule has 2 rings (SSSR count). The summed E-state index contributed by atoms with van der Waals surface area (Å²) in [7, 11) is 0. The highest BCUT2D eigenvalue weighted by Crippen LogP contribution is 2.23. The van der Waals surface area contributed by atoms with Crippen LogP contribution in [0.4, 0.5) is 0 Å². The Bertz CT molecular complexity index is 258. The normalized spacial score (nSPS) is 17.1. The van der Waals surface area contributed by atoms with Gasteiger partial charge in [0.05, 0.1) is 0 Å². The van der Waals surface area contributed by atoms with E-state index in [2.05, 4.69) is 26.1 Å². The monoisotopic (exact) mass is 228 g/mol. The summed E-state index contributed by atoms with van der Waals surface area (Å²) in [6, 6.07) is 3.66. The van der Waals surface area contributed by atoms with Gasteiger partial charge in [-0.05, 0) is 41.3 Å². The molecule has 0 N–H and O–H groups in total. The number of rotatable bonds is 2. The quantitative estimate of drug-likeness (QED) is 0.779. The lowest BCUT2D eigenvalue weighted by Gasteiger charge is -2.25. The van der Waals surface area contributed by atoms with E-state index in [9.17, 15) is 0 Å². The SMILES string of the molecule is Brc1ccc(OC2CCC2)nn1. The van der Waals surface area contributed by atoms with Crippen LogP contribution in [-0.2, 0) is 0 Å². The fraction of sp³-hybridized carbons (Fsp3) is 0.500. The Morgan fingerprint density at radius 1 is 1.33 bits per heavy atom. The molecule has 0 unspecified atom stereocenters. The Morgan fingerprint density at radius 3 is 2.67 bits per heavy atom. The van der Waals surface area contributed by atoms with E-state index in [1.54, 1.807) is 0 Å². The number of nitrogens with zero attached hydrogens (tertiary/aromatic N) is 2. The van der Waals surface area contributed by atoms with E-state index in [1.165, 1.54) is 6.42 Å². The highest BCUT2D eigenvalue weighted by atomic mass is 79.9. The highest BCUT2D eigenvalue weighted by molar-refractivity contribution is 9.10.